The second-order valence-corrected chi connectivity index (χ2v) is 8.99. The van der Waals surface area contributed by atoms with E-state index in [2.05, 4.69) is 9.97 Å². The van der Waals surface area contributed by atoms with Gasteiger partial charge in [-0.3, -0.25) is 9.78 Å². The number of nitrogens with zero attached hydrogens (tertiary/aromatic N) is 3. The molecule has 0 atom stereocenters. The number of alkyl halides is 3. The van der Waals surface area contributed by atoms with Gasteiger partial charge in [0.2, 0.25) is 5.91 Å². The Labute approximate surface area is 223 Å². The van der Waals surface area contributed by atoms with Crippen LogP contribution in [0.25, 0.3) is 10.9 Å². The first kappa shape index (κ1) is 25.9. The van der Waals surface area contributed by atoms with Crippen LogP contribution in [-0.2, 0) is 30.5 Å². The van der Waals surface area contributed by atoms with Crippen molar-refractivity contribution in [2.45, 2.75) is 25.7 Å². The third-order valence-corrected chi connectivity index (χ3v) is 6.17. The fraction of sp³-hybridized carbons (Fsp3) is 0.129. The number of anilines is 1. The van der Waals surface area contributed by atoms with Crippen molar-refractivity contribution in [3.8, 4) is 5.75 Å². The van der Waals surface area contributed by atoms with Crippen LogP contribution in [-0.4, -0.2) is 15.9 Å². The summed E-state index contributed by atoms with van der Waals surface area (Å²) in [6.45, 7) is 0.491. The fourth-order valence-corrected chi connectivity index (χ4v) is 4.19. The van der Waals surface area contributed by atoms with E-state index in [1.54, 1.807) is 42.7 Å². The minimum Gasteiger partial charge on any atom is -0.487 e. The molecule has 5 rings (SSSR count). The second kappa shape index (κ2) is 11.3. The molecule has 2 aromatic heterocycles. The summed E-state index contributed by atoms with van der Waals surface area (Å²) in [6, 6.07) is 27.2. The summed E-state index contributed by atoms with van der Waals surface area (Å²) in [4.78, 5) is 23.6. The molecule has 2 heterocycles. The SMILES string of the molecule is O=C(Cc1cccc(C(F)(F)F)c1)N(Cc1cccnc1)c1ccc(OCc2ccc3ccccc3n2)cc1. The number of rotatable bonds is 8. The molecule has 5 nitrogen and oxygen atoms in total. The Morgan fingerprint density at radius 2 is 1.64 bits per heavy atom. The first-order chi connectivity index (χ1) is 18.8. The molecule has 0 fully saturated rings. The molecule has 196 valence electrons. The van der Waals surface area contributed by atoms with E-state index in [0.717, 1.165) is 34.3 Å². The van der Waals surface area contributed by atoms with Gasteiger partial charge in [-0.1, -0.05) is 48.5 Å². The molecule has 0 saturated carbocycles. The highest BCUT2D eigenvalue weighted by Gasteiger charge is 2.30. The van der Waals surface area contributed by atoms with Crippen molar-refractivity contribution in [1.82, 2.24) is 9.97 Å². The van der Waals surface area contributed by atoms with Crippen molar-refractivity contribution < 1.29 is 22.7 Å². The van der Waals surface area contributed by atoms with E-state index in [4.69, 9.17) is 4.74 Å². The number of fused-ring (bicyclic) bond motifs is 1. The molecule has 8 heteroatoms. The summed E-state index contributed by atoms with van der Waals surface area (Å²) in [6.07, 6.45) is -1.38. The molecule has 5 aromatic rings. The molecule has 0 unspecified atom stereocenters. The number of para-hydroxylation sites is 1. The molecule has 0 aliphatic rings. The summed E-state index contributed by atoms with van der Waals surface area (Å²) >= 11 is 0. The van der Waals surface area contributed by atoms with Crippen molar-refractivity contribution in [2.24, 2.45) is 0 Å². The van der Waals surface area contributed by atoms with Crippen molar-refractivity contribution >= 4 is 22.5 Å². The van der Waals surface area contributed by atoms with Crippen LogP contribution in [0.3, 0.4) is 0 Å². The maximum absolute atomic E-state index is 13.4. The van der Waals surface area contributed by atoms with Crippen molar-refractivity contribution in [3.05, 3.63) is 132 Å². The number of carbonyl (C=O) groups is 1. The van der Waals surface area contributed by atoms with E-state index < -0.39 is 11.7 Å². The Hall–Kier alpha value is -4.72. The maximum atomic E-state index is 13.4. The number of ether oxygens (including phenoxy) is 1. The number of hydrogen-bond acceptors (Lipinski definition) is 4. The van der Waals surface area contributed by atoms with Gasteiger partial charge >= 0.3 is 6.18 Å². The highest BCUT2D eigenvalue weighted by Crippen LogP contribution is 2.30. The van der Waals surface area contributed by atoms with Gasteiger partial charge in [0.1, 0.15) is 12.4 Å². The van der Waals surface area contributed by atoms with Crippen LogP contribution in [0.15, 0.2) is 109 Å². The van der Waals surface area contributed by atoms with Gasteiger partial charge in [0, 0.05) is 23.5 Å². The predicted molar refractivity (Wildman–Crippen MR) is 143 cm³/mol. The molecule has 0 N–H and O–H groups in total. The second-order valence-electron chi connectivity index (χ2n) is 8.99. The molecule has 0 saturated heterocycles. The third-order valence-electron chi connectivity index (χ3n) is 6.17. The van der Waals surface area contributed by atoms with Gasteiger partial charge in [0.15, 0.2) is 0 Å². The Balaban J connectivity index is 1.32. The van der Waals surface area contributed by atoms with Gasteiger partial charge in [0.05, 0.1) is 29.7 Å². The number of hydrogen-bond donors (Lipinski definition) is 0. The van der Waals surface area contributed by atoms with Crippen LogP contribution >= 0.6 is 0 Å². The van der Waals surface area contributed by atoms with Gasteiger partial charge in [-0.15, -0.1) is 0 Å². The largest absolute Gasteiger partial charge is 0.487 e. The van der Waals surface area contributed by atoms with Crippen LogP contribution in [0, 0.1) is 0 Å². The van der Waals surface area contributed by atoms with Crippen molar-refractivity contribution in [1.29, 1.82) is 0 Å². The Bertz CT molecular complexity index is 1570. The Morgan fingerprint density at radius 1 is 0.846 bits per heavy atom. The standard InChI is InChI=1S/C31H24F3N3O2/c32-31(33,34)25-8-3-5-22(17-25)18-30(38)37(20-23-6-4-16-35-19-23)27-12-14-28(15-13-27)39-21-26-11-10-24-7-1-2-9-29(24)36-26/h1-17,19H,18,20-21H2. The van der Waals surface area contributed by atoms with E-state index in [1.807, 2.05) is 42.5 Å². The predicted octanol–water partition coefficient (Wildman–Crippen LogP) is 7.00. The number of amides is 1. The lowest BCUT2D eigenvalue weighted by molar-refractivity contribution is -0.137. The quantitative estimate of drug-likeness (QED) is 0.218. The van der Waals surface area contributed by atoms with E-state index >= 15 is 0 Å². The molecule has 0 spiro atoms. The van der Waals surface area contributed by atoms with E-state index in [-0.39, 0.29) is 31.0 Å². The zero-order valence-corrected chi connectivity index (χ0v) is 20.8. The average molecular weight is 528 g/mol. The van der Waals surface area contributed by atoms with Gasteiger partial charge in [-0.05, 0) is 59.7 Å². The first-order valence-electron chi connectivity index (χ1n) is 12.3. The third kappa shape index (κ3) is 6.59. The number of benzene rings is 3. The molecule has 3 aromatic carbocycles. The van der Waals surface area contributed by atoms with Crippen molar-refractivity contribution in [3.63, 3.8) is 0 Å². The van der Waals surface area contributed by atoms with Crippen LogP contribution < -0.4 is 9.64 Å². The first-order valence-corrected chi connectivity index (χ1v) is 12.3. The molecule has 0 bridgehead atoms. The zero-order chi connectivity index (χ0) is 27.2. The number of aromatic nitrogens is 2. The molecular weight excluding hydrogens is 503 g/mol. The molecule has 0 aliphatic heterocycles. The lowest BCUT2D eigenvalue weighted by Gasteiger charge is -2.23. The monoisotopic (exact) mass is 527 g/mol. The Morgan fingerprint density at radius 3 is 2.41 bits per heavy atom. The molecule has 1 amide bonds. The summed E-state index contributed by atoms with van der Waals surface area (Å²) in [7, 11) is 0. The molecular formula is C31H24F3N3O2. The molecule has 39 heavy (non-hydrogen) atoms. The lowest BCUT2D eigenvalue weighted by atomic mass is 10.1. The number of halogens is 3. The van der Waals surface area contributed by atoms with Crippen LogP contribution in [0.1, 0.15) is 22.4 Å². The van der Waals surface area contributed by atoms with Crippen molar-refractivity contribution in [2.75, 3.05) is 4.90 Å². The van der Waals surface area contributed by atoms with E-state index in [9.17, 15) is 18.0 Å². The van der Waals surface area contributed by atoms with Crippen LogP contribution in [0.5, 0.6) is 5.75 Å². The van der Waals surface area contributed by atoms with Gasteiger partial charge in [-0.2, -0.15) is 13.2 Å². The van der Waals surface area contributed by atoms with Crippen LogP contribution in [0.2, 0.25) is 0 Å². The summed E-state index contributed by atoms with van der Waals surface area (Å²) in [5, 5.41) is 1.05. The topological polar surface area (TPSA) is 55.3 Å². The molecule has 0 aliphatic carbocycles. The summed E-state index contributed by atoms with van der Waals surface area (Å²) < 4.78 is 45.4. The summed E-state index contributed by atoms with van der Waals surface area (Å²) in [5.41, 5.74) is 2.55. The van der Waals surface area contributed by atoms with Gasteiger partial charge in [0.25, 0.3) is 0 Å². The lowest BCUT2D eigenvalue weighted by Crippen LogP contribution is -2.31. The highest BCUT2D eigenvalue weighted by molar-refractivity contribution is 5.94. The van der Waals surface area contributed by atoms with E-state index in [0.29, 0.717) is 11.4 Å². The zero-order valence-electron chi connectivity index (χ0n) is 20.8. The number of carbonyl (C=O) groups excluding carboxylic acids is 1. The number of pyridine rings is 2. The van der Waals surface area contributed by atoms with Gasteiger partial charge < -0.3 is 9.64 Å². The fourth-order valence-electron chi connectivity index (χ4n) is 4.19. The highest BCUT2D eigenvalue weighted by atomic mass is 19.4. The molecule has 0 radical (unpaired) electrons. The van der Waals surface area contributed by atoms with E-state index in [1.165, 1.54) is 17.0 Å². The van der Waals surface area contributed by atoms with Crippen LogP contribution in [0.4, 0.5) is 18.9 Å². The smallest absolute Gasteiger partial charge is 0.416 e. The Kier molecular flexibility index (Phi) is 7.54. The normalized spacial score (nSPS) is 11.4. The average Bonchev–Trinajstić information content (AvgIpc) is 2.95. The minimum absolute atomic E-state index is 0.184. The summed E-state index contributed by atoms with van der Waals surface area (Å²) in [5.74, 6) is 0.257. The maximum Gasteiger partial charge on any atom is 0.416 e. The minimum atomic E-state index is -4.48. The van der Waals surface area contributed by atoms with Gasteiger partial charge in [-0.25, -0.2) is 4.98 Å².